The normalized spacial score (nSPS) is 16.5. The van der Waals surface area contributed by atoms with Crippen molar-refractivity contribution in [3.63, 3.8) is 0 Å². The molecule has 1 aromatic heterocycles. The summed E-state index contributed by atoms with van der Waals surface area (Å²) in [7, 11) is 0. The van der Waals surface area contributed by atoms with Crippen LogP contribution in [0.3, 0.4) is 0 Å². The van der Waals surface area contributed by atoms with E-state index in [1.165, 1.54) is 0 Å². The molecule has 5 nitrogen and oxygen atoms in total. The van der Waals surface area contributed by atoms with Crippen LogP contribution in [0.5, 0.6) is 0 Å². The summed E-state index contributed by atoms with van der Waals surface area (Å²) in [6.45, 7) is 4.71. The van der Waals surface area contributed by atoms with Gasteiger partial charge < -0.3 is 4.52 Å². The number of benzene rings is 2. The highest BCUT2D eigenvalue weighted by molar-refractivity contribution is 5.53. The second-order valence-corrected chi connectivity index (χ2v) is 7.48. The molecule has 2 heterocycles. The summed E-state index contributed by atoms with van der Waals surface area (Å²) < 4.78 is 43.6. The molecular formula is C22H23F3N4O. The van der Waals surface area contributed by atoms with Crippen LogP contribution in [0.4, 0.5) is 13.2 Å². The van der Waals surface area contributed by atoms with E-state index in [0.717, 1.165) is 55.9 Å². The third kappa shape index (κ3) is 5.25. The Balaban J connectivity index is 1.31. The highest BCUT2D eigenvalue weighted by Crippen LogP contribution is 2.29. The Bertz CT molecular complexity index is 941. The van der Waals surface area contributed by atoms with Crippen molar-refractivity contribution in [3.05, 3.63) is 71.6 Å². The molecule has 0 saturated carbocycles. The van der Waals surface area contributed by atoms with E-state index in [-0.39, 0.29) is 0 Å². The van der Waals surface area contributed by atoms with Gasteiger partial charge in [-0.2, -0.15) is 18.2 Å². The van der Waals surface area contributed by atoms with Gasteiger partial charge in [-0.15, -0.1) is 0 Å². The van der Waals surface area contributed by atoms with Crippen molar-refractivity contribution in [1.29, 1.82) is 0 Å². The van der Waals surface area contributed by atoms with Crippen LogP contribution in [0.25, 0.3) is 11.4 Å². The minimum absolute atomic E-state index is 0.587. The van der Waals surface area contributed by atoms with Gasteiger partial charge in [0.05, 0.1) is 12.1 Å². The molecule has 0 aliphatic carbocycles. The molecule has 0 atom stereocenters. The Hall–Kier alpha value is -2.71. The third-order valence-corrected chi connectivity index (χ3v) is 5.23. The van der Waals surface area contributed by atoms with Gasteiger partial charge in [-0.1, -0.05) is 47.6 Å². The standard InChI is InChI=1S/C22H23F3N4O/c23-22(24,25)19-9-7-17(8-10-19)15-28-11-4-12-29(14-13-28)16-20-26-21(27-30-20)18-5-2-1-3-6-18/h1-3,5-10H,4,11-16H2. The molecule has 0 unspecified atom stereocenters. The van der Waals surface area contributed by atoms with Crippen molar-refractivity contribution >= 4 is 0 Å². The first-order valence-electron chi connectivity index (χ1n) is 9.96. The largest absolute Gasteiger partial charge is 0.416 e. The van der Waals surface area contributed by atoms with Crippen LogP contribution in [-0.2, 0) is 19.3 Å². The molecule has 8 heteroatoms. The molecule has 158 valence electrons. The van der Waals surface area contributed by atoms with Crippen molar-refractivity contribution in [2.24, 2.45) is 0 Å². The Morgan fingerprint density at radius 1 is 0.833 bits per heavy atom. The lowest BCUT2D eigenvalue weighted by atomic mass is 10.1. The van der Waals surface area contributed by atoms with Gasteiger partial charge in [0, 0.05) is 25.2 Å². The monoisotopic (exact) mass is 416 g/mol. The minimum Gasteiger partial charge on any atom is -0.338 e. The van der Waals surface area contributed by atoms with E-state index in [9.17, 15) is 13.2 Å². The van der Waals surface area contributed by atoms with E-state index < -0.39 is 11.7 Å². The summed E-state index contributed by atoms with van der Waals surface area (Å²) in [6.07, 6.45) is -3.32. The molecule has 0 radical (unpaired) electrons. The van der Waals surface area contributed by atoms with Gasteiger partial charge >= 0.3 is 6.18 Å². The van der Waals surface area contributed by atoms with Gasteiger partial charge in [0.1, 0.15) is 0 Å². The van der Waals surface area contributed by atoms with Crippen LogP contribution >= 0.6 is 0 Å². The fraction of sp³-hybridized carbons (Fsp3) is 0.364. The fourth-order valence-electron chi connectivity index (χ4n) is 3.61. The Kier molecular flexibility index (Phi) is 6.15. The molecule has 0 amide bonds. The lowest BCUT2D eigenvalue weighted by molar-refractivity contribution is -0.137. The van der Waals surface area contributed by atoms with E-state index in [4.69, 9.17) is 4.52 Å². The molecule has 0 N–H and O–H groups in total. The Labute approximate surface area is 173 Å². The van der Waals surface area contributed by atoms with Gasteiger partial charge in [-0.3, -0.25) is 9.80 Å². The van der Waals surface area contributed by atoms with Crippen LogP contribution in [0.2, 0.25) is 0 Å². The predicted octanol–water partition coefficient (Wildman–Crippen LogP) is 4.46. The number of hydrogen-bond acceptors (Lipinski definition) is 5. The van der Waals surface area contributed by atoms with Crippen molar-refractivity contribution < 1.29 is 17.7 Å². The van der Waals surface area contributed by atoms with Crippen molar-refractivity contribution in [3.8, 4) is 11.4 Å². The summed E-state index contributed by atoms with van der Waals surface area (Å²) >= 11 is 0. The molecular weight excluding hydrogens is 393 g/mol. The van der Waals surface area contributed by atoms with E-state index in [2.05, 4.69) is 19.9 Å². The number of rotatable bonds is 5. The van der Waals surface area contributed by atoms with Crippen LogP contribution < -0.4 is 0 Å². The summed E-state index contributed by atoms with van der Waals surface area (Å²) in [5.41, 5.74) is 1.20. The van der Waals surface area contributed by atoms with Gasteiger partial charge in [-0.05, 0) is 37.2 Å². The van der Waals surface area contributed by atoms with E-state index >= 15 is 0 Å². The molecule has 4 rings (SSSR count). The molecule has 1 fully saturated rings. The number of nitrogens with zero attached hydrogens (tertiary/aromatic N) is 4. The SMILES string of the molecule is FC(F)(F)c1ccc(CN2CCCN(Cc3nc(-c4ccccc4)no3)CC2)cc1. The Morgan fingerprint density at radius 3 is 2.17 bits per heavy atom. The summed E-state index contributed by atoms with van der Waals surface area (Å²) in [5, 5.41) is 4.07. The maximum Gasteiger partial charge on any atom is 0.416 e. The predicted molar refractivity (Wildman–Crippen MR) is 106 cm³/mol. The average molecular weight is 416 g/mol. The number of halogens is 3. The van der Waals surface area contributed by atoms with Crippen LogP contribution in [0, 0.1) is 0 Å². The zero-order valence-electron chi connectivity index (χ0n) is 16.5. The minimum atomic E-state index is -4.29. The average Bonchev–Trinajstić information content (AvgIpc) is 3.09. The molecule has 3 aromatic rings. The van der Waals surface area contributed by atoms with Gasteiger partial charge in [0.25, 0.3) is 0 Å². The lowest BCUT2D eigenvalue weighted by Gasteiger charge is -2.21. The fourth-order valence-corrected chi connectivity index (χ4v) is 3.61. The summed E-state index contributed by atoms with van der Waals surface area (Å²) in [6, 6.07) is 15.1. The first-order valence-corrected chi connectivity index (χ1v) is 9.96. The maximum atomic E-state index is 12.7. The van der Waals surface area contributed by atoms with Gasteiger partial charge in [-0.25, -0.2) is 0 Å². The molecule has 1 saturated heterocycles. The van der Waals surface area contributed by atoms with Crippen molar-refractivity contribution in [2.45, 2.75) is 25.7 Å². The molecule has 30 heavy (non-hydrogen) atoms. The van der Waals surface area contributed by atoms with Crippen molar-refractivity contribution in [2.75, 3.05) is 26.2 Å². The third-order valence-electron chi connectivity index (χ3n) is 5.23. The van der Waals surface area contributed by atoms with E-state index in [0.29, 0.717) is 24.8 Å². The van der Waals surface area contributed by atoms with Gasteiger partial charge in [0.2, 0.25) is 11.7 Å². The highest BCUT2D eigenvalue weighted by Gasteiger charge is 2.30. The maximum absolute atomic E-state index is 12.7. The molecule has 0 bridgehead atoms. The number of hydrogen-bond donors (Lipinski definition) is 0. The highest BCUT2D eigenvalue weighted by atomic mass is 19.4. The number of aromatic nitrogens is 2. The summed E-state index contributed by atoms with van der Waals surface area (Å²) in [5.74, 6) is 1.18. The molecule has 0 spiro atoms. The van der Waals surface area contributed by atoms with E-state index in [1.54, 1.807) is 12.1 Å². The first kappa shape index (κ1) is 20.6. The molecule has 1 aliphatic rings. The zero-order chi connectivity index (χ0) is 21.0. The number of alkyl halides is 3. The second-order valence-electron chi connectivity index (χ2n) is 7.48. The molecule has 1 aliphatic heterocycles. The summed E-state index contributed by atoms with van der Waals surface area (Å²) in [4.78, 5) is 9.04. The quantitative estimate of drug-likeness (QED) is 0.614. The molecule has 2 aromatic carbocycles. The van der Waals surface area contributed by atoms with Crippen LogP contribution in [-0.4, -0.2) is 46.1 Å². The zero-order valence-corrected chi connectivity index (χ0v) is 16.5. The van der Waals surface area contributed by atoms with E-state index in [1.807, 2.05) is 30.3 Å². The Morgan fingerprint density at radius 2 is 1.50 bits per heavy atom. The smallest absolute Gasteiger partial charge is 0.338 e. The van der Waals surface area contributed by atoms with Crippen LogP contribution in [0.15, 0.2) is 59.1 Å². The van der Waals surface area contributed by atoms with Crippen LogP contribution in [0.1, 0.15) is 23.4 Å². The topological polar surface area (TPSA) is 45.4 Å². The lowest BCUT2D eigenvalue weighted by Crippen LogP contribution is -2.30. The second kappa shape index (κ2) is 8.97. The first-order chi connectivity index (χ1) is 14.5. The van der Waals surface area contributed by atoms with Gasteiger partial charge in [0.15, 0.2) is 0 Å². The van der Waals surface area contributed by atoms with Crippen molar-refractivity contribution in [1.82, 2.24) is 19.9 Å².